The van der Waals surface area contributed by atoms with E-state index >= 15 is 0 Å². The SMILES string of the molecule is CCCNC(=O)CCC(N)C(=O)O. The van der Waals surface area contributed by atoms with Crippen molar-refractivity contribution in [3.8, 4) is 0 Å². The number of carboxylic acids is 1. The van der Waals surface area contributed by atoms with E-state index in [9.17, 15) is 9.59 Å². The minimum atomic E-state index is -1.07. The Balaban J connectivity index is 3.52. The molecule has 76 valence electrons. The lowest BCUT2D eigenvalue weighted by Gasteiger charge is -2.06. The third-order valence-electron chi connectivity index (χ3n) is 1.57. The van der Waals surface area contributed by atoms with E-state index in [4.69, 9.17) is 10.8 Å². The lowest BCUT2D eigenvalue weighted by Crippen LogP contribution is -2.32. The average molecular weight is 188 g/mol. The molecule has 0 radical (unpaired) electrons. The van der Waals surface area contributed by atoms with Gasteiger partial charge < -0.3 is 16.2 Å². The lowest BCUT2D eigenvalue weighted by atomic mass is 10.1. The molecule has 1 atom stereocenters. The topological polar surface area (TPSA) is 92.4 Å². The van der Waals surface area contributed by atoms with Gasteiger partial charge in [0, 0.05) is 13.0 Å². The van der Waals surface area contributed by atoms with Crippen LogP contribution in [0.15, 0.2) is 0 Å². The summed E-state index contributed by atoms with van der Waals surface area (Å²) in [5, 5.41) is 11.1. The molecule has 5 nitrogen and oxygen atoms in total. The fourth-order valence-electron chi connectivity index (χ4n) is 0.763. The molecule has 0 aromatic heterocycles. The Morgan fingerprint density at radius 1 is 1.54 bits per heavy atom. The van der Waals surface area contributed by atoms with Crippen LogP contribution in [0.4, 0.5) is 0 Å². The van der Waals surface area contributed by atoms with Crippen molar-refractivity contribution < 1.29 is 14.7 Å². The van der Waals surface area contributed by atoms with Crippen LogP contribution in [-0.2, 0) is 9.59 Å². The first-order valence-electron chi connectivity index (χ1n) is 4.33. The molecule has 0 saturated heterocycles. The molecule has 0 heterocycles. The first kappa shape index (κ1) is 11.9. The summed E-state index contributed by atoms with van der Waals surface area (Å²) in [7, 11) is 0. The van der Waals surface area contributed by atoms with Gasteiger partial charge in [-0.15, -0.1) is 0 Å². The summed E-state index contributed by atoms with van der Waals surface area (Å²) in [4.78, 5) is 21.2. The first-order chi connectivity index (χ1) is 6.07. The maximum atomic E-state index is 11.0. The molecular formula is C8H16N2O3. The van der Waals surface area contributed by atoms with E-state index in [1.54, 1.807) is 0 Å². The van der Waals surface area contributed by atoms with Gasteiger partial charge in [-0.3, -0.25) is 9.59 Å². The molecule has 1 amide bonds. The summed E-state index contributed by atoms with van der Waals surface area (Å²) in [6, 6.07) is -0.938. The molecule has 0 aliphatic heterocycles. The third-order valence-corrected chi connectivity index (χ3v) is 1.57. The van der Waals surface area contributed by atoms with Crippen LogP contribution in [0.5, 0.6) is 0 Å². The van der Waals surface area contributed by atoms with Crippen LogP contribution in [0.3, 0.4) is 0 Å². The molecule has 0 aromatic carbocycles. The molecular weight excluding hydrogens is 172 g/mol. The summed E-state index contributed by atoms with van der Waals surface area (Å²) < 4.78 is 0. The number of aliphatic carboxylic acids is 1. The van der Waals surface area contributed by atoms with Gasteiger partial charge in [-0.05, 0) is 12.8 Å². The van der Waals surface area contributed by atoms with Crippen molar-refractivity contribution in [1.29, 1.82) is 0 Å². The highest BCUT2D eigenvalue weighted by Crippen LogP contribution is 1.94. The Labute approximate surface area is 77.3 Å². The number of amides is 1. The van der Waals surface area contributed by atoms with Crippen LogP contribution in [0, 0.1) is 0 Å². The fourth-order valence-corrected chi connectivity index (χ4v) is 0.763. The van der Waals surface area contributed by atoms with Gasteiger partial charge >= 0.3 is 5.97 Å². The molecule has 1 unspecified atom stereocenters. The van der Waals surface area contributed by atoms with Gasteiger partial charge in [-0.1, -0.05) is 6.92 Å². The molecule has 0 aromatic rings. The molecule has 0 fully saturated rings. The van der Waals surface area contributed by atoms with E-state index in [0.717, 1.165) is 6.42 Å². The number of hydrogen-bond acceptors (Lipinski definition) is 3. The van der Waals surface area contributed by atoms with E-state index in [1.165, 1.54) is 0 Å². The van der Waals surface area contributed by atoms with Gasteiger partial charge in [-0.2, -0.15) is 0 Å². The predicted molar refractivity (Wildman–Crippen MR) is 48.1 cm³/mol. The molecule has 0 spiro atoms. The Kier molecular flexibility index (Phi) is 5.88. The van der Waals surface area contributed by atoms with Crippen LogP contribution >= 0.6 is 0 Å². The molecule has 0 aliphatic carbocycles. The molecule has 5 heteroatoms. The second-order valence-electron chi connectivity index (χ2n) is 2.83. The van der Waals surface area contributed by atoms with Gasteiger partial charge in [0.25, 0.3) is 0 Å². The van der Waals surface area contributed by atoms with E-state index in [0.29, 0.717) is 6.54 Å². The molecule has 0 saturated carbocycles. The maximum absolute atomic E-state index is 11.0. The van der Waals surface area contributed by atoms with Crippen LogP contribution < -0.4 is 11.1 Å². The third kappa shape index (κ3) is 6.10. The van der Waals surface area contributed by atoms with E-state index in [-0.39, 0.29) is 18.7 Å². The Morgan fingerprint density at radius 2 is 2.15 bits per heavy atom. The number of carboxylic acid groups (broad SMARTS) is 1. The first-order valence-corrected chi connectivity index (χ1v) is 4.33. The molecule has 13 heavy (non-hydrogen) atoms. The van der Waals surface area contributed by atoms with Gasteiger partial charge in [0.05, 0.1) is 0 Å². The van der Waals surface area contributed by atoms with E-state index in [2.05, 4.69) is 5.32 Å². The van der Waals surface area contributed by atoms with Crippen molar-refractivity contribution >= 4 is 11.9 Å². The highest BCUT2D eigenvalue weighted by molar-refractivity contribution is 5.78. The van der Waals surface area contributed by atoms with Crippen molar-refractivity contribution in [2.45, 2.75) is 32.2 Å². The maximum Gasteiger partial charge on any atom is 0.320 e. The minimum absolute atomic E-state index is 0.140. The molecule has 4 N–H and O–H groups in total. The van der Waals surface area contributed by atoms with Crippen LogP contribution in [0.25, 0.3) is 0 Å². The van der Waals surface area contributed by atoms with E-state index in [1.807, 2.05) is 6.92 Å². The van der Waals surface area contributed by atoms with Crippen molar-refractivity contribution in [2.24, 2.45) is 5.73 Å². The van der Waals surface area contributed by atoms with Gasteiger partial charge in [-0.25, -0.2) is 0 Å². The summed E-state index contributed by atoms with van der Waals surface area (Å²) in [6.07, 6.45) is 1.23. The molecule has 0 aliphatic rings. The van der Waals surface area contributed by atoms with Crippen molar-refractivity contribution in [3.05, 3.63) is 0 Å². The van der Waals surface area contributed by atoms with Gasteiger partial charge in [0.15, 0.2) is 0 Å². The minimum Gasteiger partial charge on any atom is -0.480 e. The standard InChI is InChI=1S/C8H16N2O3/c1-2-5-10-7(11)4-3-6(9)8(12)13/h6H,2-5,9H2,1H3,(H,10,11)(H,12,13). The smallest absolute Gasteiger partial charge is 0.320 e. The fraction of sp³-hybridized carbons (Fsp3) is 0.750. The number of nitrogens with two attached hydrogens (primary N) is 1. The van der Waals surface area contributed by atoms with Crippen LogP contribution in [0.1, 0.15) is 26.2 Å². The Morgan fingerprint density at radius 3 is 2.62 bits per heavy atom. The summed E-state index contributed by atoms with van der Waals surface area (Å²) in [5.74, 6) is -1.21. The summed E-state index contributed by atoms with van der Waals surface area (Å²) in [5.41, 5.74) is 5.21. The normalized spacial score (nSPS) is 12.2. The van der Waals surface area contributed by atoms with Crippen molar-refractivity contribution in [3.63, 3.8) is 0 Å². The zero-order valence-electron chi connectivity index (χ0n) is 7.75. The molecule has 0 rings (SSSR count). The highest BCUT2D eigenvalue weighted by atomic mass is 16.4. The number of carbonyl (C=O) groups excluding carboxylic acids is 1. The number of carbonyl (C=O) groups is 2. The zero-order valence-corrected chi connectivity index (χ0v) is 7.75. The Hall–Kier alpha value is -1.10. The molecule has 0 bridgehead atoms. The number of rotatable bonds is 6. The van der Waals surface area contributed by atoms with E-state index < -0.39 is 12.0 Å². The monoisotopic (exact) mass is 188 g/mol. The summed E-state index contributed by atoms with van der Waals surface area (Å²) >= 11 is 0. The second-order valence-corrected chi connectivity index (χ2v) is 2.83. The summed E-state index contributed by atoms with van der Waals surface area (Å²) in [6.45, 7) is 2.57. The van der Waals surface area contributed by atoms with Gasteiger partial charge in [0.1, 0.15) is 6.04 Å². The highest BCUT2D eigenvalue weighted by Gasteiger charge is 2.12. The number of hydrogen-bond donors (Lipinski definition) is 3. The second kappa shape index (κ2) is 6.42. The largest absolute Gasteiger partial charge is 0.480 e. The van der Waals surface area contributed by atoms with Crippen LogP contribution in [0.2, 0.25) is 0 Å². The van der Waals surface area contributed by atoms with Crippen LogP contribution in [-0.4, -0.2) is 29.6 Å². The van der Waals surface area contributed by atoms with Crippen molar-refractivity contribution in [1.82, 2.24) is 5.32 Å². The Bertz CT molecular complexity index is 182. The predicted octanol–water partition coefficient (Wildman–Crippen LogP) is -0.295. The average Bonchev–Trinajstić information content (AvgIpc) is 2.10. The van der Waals surface area contributed by atoms with Crippen molar-refractivity contribution in [2.75, 3.05) is 6.54 Å². The lowest BCUT2D eigenvalue weighted by molar-refractivity contribution is -0.138. The number of nitrogens with one attached hydrogen (secondary N) is 1. The zero-order chi connectivity index (χ0) is 10.3. The van der Waals surface area contributed by atoms with Gasteiger partial charge in [0.2, 0.25) is 5.91 Å². The quantitative estimate of drug-likeness (QED) is 0.533.